The Balaban J connectivity index is 2.70. The summed E-state index contributed by atoms with van der Waals surface area (Å²) in [5, 5.41) is 9.76. The van der Waals surface area contributed by atoms with Crippen molar-refractivity contribution in [3.05, 3.63) is 46.5 Å². The average molecular weight is 251 g/mol. The summed E-state index contributed by atoms with van der Waals surface area (Å²) in [6, 6.07) is 7.03. The third kappa shape index (κ3) is 2.03. The first-order valence-corrected chi connectivity index (χ1v) is 5.43. The minimum Gasteiger partial charge on any atom is -0.477 e. The molecule has 17 heavy (non-hydrogen) atoms. The molecular weight excluding hydrogens is 240 g/mol. The van der Waals surface area contributed by atoms with Gasteiger partial charge in [-0.1, -0.05) is 17.7 Å². The lowest BCUT2D eigenvalue weighted by Crippen LogP contribution is -2.09. The molecule has 0 unspecified atom stereocenters. The average Bonchev–Trinajstić information content (AvgIpc) is 2.53. The molecule has 5 heteroatoms. The molecule has 0 saturated carbocycles. The second-order valence-electron chi connectivity index (χ2n) is 3.71. The molecule has 0 aliphatic heterocycles. The van der Waals surface area contributed by atoms with Gasteiger partial charge in [-0.2, -0.15) is 0 Å². The number of benzene rings is 1. The van der Waals surface area contributed by atoms with Gasteiger partial charge < -0.3 is 5.11 Å². The highest BCUT2D eigenvalue weighted by molar-refractivity contribution is 6.30. The number of nitrogens with zero attached hydrogens (tertiary/aromatic N) is 2. The normalized spacial score (nSPS) is 10.5. The number of carboxylic acids is 1. The number of aromatic nitrogens is 2. The van der Waals surface area contributed by atoms with Crippen LogP contribution in [0.15, 0.2) is 24.3 Å². The van der Waals surface area contributed by atoms with E-state index in [9.17, 15) is 9.90 Å². The Hall–Kier alpha value is -1.81. The number of aromatic carboxylic acids is 1. The molecule has 1 N–H and O–H groups in total. The Bertz CT molecular complexity index is 590. The lowest BCUT2D eigenvalue weighted by molar-refractivity contribution is 0.0687. The third-order valence-electron chi connectivity index (χ3n) is 2.49. The highest BCUT2D eigenvalue weighted by atomic mass is 35.5. The number of halogens is 1. The Kier molecular flexibility index (Phi) is 2.90. The summed E-state index contributed by atoms with van der Waals surface area (Å²) in [6.07, 6.45) is 0. The summed E-state index contributed by atoms with van der Waals surface area (Å²) in [7, 11) is 0. The Morgan fingerprint density at radius 2 is 2.12 bits per heavy atom. The van der Waals surface area contributed by atoms with Crippen LogP contribution in [-0.2, 0) is 0 Å². The van der Waals surface area contributed by atoms with Gasteiger partial charge in [-0.15, -0.1) is 0 Å². The van der Waals surface area contributed by atoms with Crippen molar-refractivity contribution in [2.45, 2.75) is 13.8 Å². The molecule has 2 rings (SSSR count). The zero-order chi connectivity index (χ0) is 12.6. The molecule has 1 aromatic heterocycles. The number of aryl methyl sites for hydroxylation is 2. The van der Waals surface area contributed by atoms with Gasteiger partial charge in [0.1, 0.15) is 5.82 Å². The van der Waals surface area contributed by atoms with Crippen molar-refractivity contribution < 1.29 is 9.90 Å². The van der Waals surface area contributed by atoms with E-state index in [1.807, 2.05) is 0 Å². The lowest BCUT2D eigenvalue weighted by Gasteiger charge is -2.08. The van der Waals surface area contributed by atoms with Gasteiger partial charge >= 0.3 is 5.97 Å². The summed E-state index contributed by atoms with van der Waals surface area (Å²) >= 11 is 5.90. The highest BCUT2D eigenvalue weighted by Crippen LogP contribution is 2.20. The molecule has 0 aliphatic carbocycles. The number of hydrogen-bond acceptors (Lipinski definition) is 2. The van der Waals surface area contributed by atoms with Crippen LogP contribution in [0.4, 0.5) is 0 Å². The molecule has 0 amide bonds. The van der Waals surface area contributed by atoms with Gasteiger partial charge in [-0.05, 0) is 32.0 Å². The molecule has 0 saturated heterocycles. The quantitative estimate of drug-likeness (QED) is 0.892. The molecule has 1 heterocycles. The predicted molar refractivity (Wildman–Crippen MR) is 65.0 cm³/mol. The van der Waals surface area contributed by atoms with Crippen molar-refractivity contribution >= 4 is 17.6 Å². The van der Waals surface area contributed by atoms with Gasteiger partial charge in [-0.3, -0.25) is 4.57 Å². The summed E-state index contributed by atoms with van der Waals surface area (Å²) in [6.45, 7) is 3.44. The number of carbonyl (C=O) groups is 1. The first-order valence-electron chi connectivity index (χ1n) is 5.06. The van der Waals surface area contributed by atoms with Crippen LogP contribution < -0.4 is 0 Å². The van der Waals surface area contributed by atoms with Crippen molar-refractivity contribution in [1.82, 2.24) is 9.55 Å². The molecule has 1 aromatic carbocycles. The van der Waals surface area contributed by atoms with E-state index in [-0.39, 0.29) is 5.69 Å². The minimum absolute atomic E-state index is 0.171. The molecule has 0 spiro atoms. The molecule has 0 fully saturated rings. The monoisotopic (exact) mass is 250 g/mol. The molecule has 0 aliphatic rings. The largest absolute Gasteiger partial charge is 0.477 e. The summed E-state index contributed by atoms with van der Waals surface area (Å²) in [5.74, 6) is -0.370. The first-order chi connectivity index (χ1) is 8.00. The second kappa shape index (κ2) is 4.22. The van der Waals surface area contributed by atoms with E-state index in [1.54, 1.807) is 42.7 Å². The molecule has 2 aromatic rings. The van der Waals surface area contributed by atoms with Crippen LogP contribution in [0.25, 0.3) is 5.69 Å². The van der Waals surface area contributed by atoms with Crippen LogP contribution >= 0.6 is 11.6 Å². The van der Waals surface area contributed by atoms with Crippen LogP contribution in [0.3, 0.4) is 0 Å². The summed E-state index contributed by atoms with van der Waals surface area (Å²) < 4.78 is 1.59. The van der Waals surface area contributed by atoms with Crippen molar-refractivity contribution in [2.75, 3.05) is 0 Å². The number of carboxylic acid groups (broad SMARTS) is 1. The maximum atomic E-state index is 11.2. The Morgan fingerprint density at radius 1 is 1.41 bits per heavy atom. The van der Waals surface area contributed by atoms with E-state index < -0.39 is 5.97 Å². The smallest absolute Gasteiger partial charge is 0.354 e. The zero-order valence-corrected chi connectivity index (χ0v) is 10.2. The maximum Gasteiger partial charge on any atom is 0.354 e. The topological polar surface area (TPSA) is 55.1 Å². The molecule has 0 radical (unpaired) electrons. The first kappa shape index (κ1) is 11.7. The summed E-state index contributed by atoms with van der Waals surface area (Å²) in [5.41, 5.74) is 1.37. The van der Waals surface area contributed by atoms with Gasteiger partial charge in [0.25, 0.3) is 0 Å². The standard InChI is InChI=1S/C12H11ClN2O2/c1-7-11(12(16)17)15(8(2)14-7)10-5-3-4-9(13)6-10/h3-6H,1-2H3,(H,16,17). The highest BCUT2D eigenvalue weighted by Gasteiger charge is 2.19. The van der Waals surface area contributed by atoms with Crippen molar-refractivity contribution in [3.8, 4) is 5.69 Å². The maximum absolute atomic E-state index is 11.2. The van der Waals surface area contributed by atoms with E-state index in [4.69, 9.17) is 11.6 Å². The van der Waals surface area contributed by atoms with Crippen LogP contribution in [0.2, 0.25) is 5.02 Å². The van der Waals surface area contributed by atoms with Crippen molar-refractivity contribution in [2.24, 2.45) is 0 Å². The summed E-state index contributed by atoms with van der Waals surface area (Å²) in [4.78, 5) is 15.4. The van der Waals surface area contributed by atoms with E-state index >= 15 is 0 Å². The predicted octanol–water partition coefficient (Wildman–Crippen LogP) is 2.84. The van der Waals surface area contributed by atoms with Crippen LogP contribution in [-0.4, -0.2) is 20.6 Å². The van der Waals surface area contributed by atoms with Crippen molar-refractivity contribution in [1.29, 1.82) is 0 Å². The van der Waals surface area contributed by atoms with Crippen LogP contribution in [0.1, 0.15) is 22.0 Å². The van der Waals surface area contributed by atoms with Crippen LogP contribution in [0, 0.1) is 13.8 Å². The Morgan fingerprint density at radius 3 is 2.71 bits per heavy atom. The van der Waals surface area contributed by atoms with Crippen molar-refractivity contribution in [3.63, 3.8) is 0 Å². The van der Waals surface area contributed by atoms with E-state index in [2.05, 4.69) is 4.98 Å². The van der Waals surface area contributed by atoms with Gasteiger partial charge in [0, 0.05) is 10.7 Å². The molecular formula is C12H11ClN2O2. The van der Waals surface area contributed by atoms with Gasteiger partial charge in [0.05, 0.1) is 5.69 Å². The van der Waals surface area contributed by atoms with Gasteiger partial charge in [0.15, 0.2) is 5.69 Å². The minimum atomic E-state index is -0.997. The second-order valence-corrected chi connectivity index (χ2v) is 4.15. The molecule has 88 valence electrons. The van der Waals surface area contributed by atoms with Gasteiger partial charge in [0.2, 0.25) is 0 Å². The zero-order valence-electron chi connectivity index (χ0n) is 9.44. The van der Waals surface area contributed by atoms with E-state index in [0.717, 1.165) is 0 Å². The lowest BCUT2D eigenvalue weighted by atomic mass is 10.3. The number of imidazole rings is 1. The number of hydrogen-bond donors (Lipinski definition) is 1. The van der Waals surface area contributed by atoms with E-state index in [1.165, 1.54) is 0 Å². The molecule has 0 bridgehead atoms. The third-order valence-corrected chi connectivity index (χ3v) is 2.72. The number of rotatable bonds is 2. The Labute approximate surface area is 103 Å². The fourth-order valence-corrected chi connectivity index (χ4v) is 2.04. The van der Waals surface area contributed by atoms with E-state index in [0.29, 0.717) is 22.2 Å². The fraction of sp³-hybridized carbons (Fsp3) is 0.167. The molecule has 4 nitrogen and oxygen atoms in total. The SMILES string of the molecule is Cc1nc(C)n(-c2cccc(Cl)c2)c1C(=O)O. The van der Waals surface area contributed by atoms with Crippen LogP contribution in [0.5, 0.6) is 0 Å². The fourth-order valence-electron chi connectivity index (χ4n) is 1.85. The molecule has 0 atom stereocenters. The van der Waals surface area contributed by atoms with Gasteiger partial charge in [-0.25, -0.2) is 9.78 Å².